The molecule has 2 fully saturated rings. The molecule has 2 aliphatic rings. The van der Waals surface area contributed by atoms with Crippen LogP contribution in [0.25, 0.3) is 0 Å². The number of esters is 1. The fourth-order valence-corrected chi connectivity index (χ4v) is 8.60. The summed E-state index contributed by atoms with van der Waals surface area (Å²) in [6, 6.07) is 18.3. The fourth-order valence-electron chi connectivity index (χ4n) is 8.60. The van der Waals surface area contributed by atoms with Gasteiger partial charge in [-0.2, -0.15) is 0 Å². The highest BCUT2D eigenvalue weighted by Gasteiger charge is 2.50. The number of amides is 4. The van der Waals surface area contributed by atoms with Gasteiger partial charge in [0.25, 0.3) is 5.91 Å². The van der Waals surface area contributed by atoms with Gasteiger partial charge in [0.15, 0.2) is 18.6 Å². The average molecular weight is 953 g/mol. The van der Waals surface area contributed by atoms with Crippen molar-refractivity contribution in [2.75, 3.05) is 39.5 Å². The zero-order chi connectivity index (χ0) is 50.5. The van der Waals surface area contributed by atoms with E-state index in [2.05, 4.69) is 21.3 Å². The van der Waals surface area contributed by atoms with Crippen molar-refractivity contribution in [3.05, 3.63) is 101 Å². The van der Waals surface area contributed by atoms with Gasteiger partial charge in [0.1, 0.15) is 49.1 Å². The molecular weight excluding hydrogens is 879 g/mol. The second-order valence-electron chi connectivity index (χ2n) is 21.0. The van der Waals surface area contributed by atoms with Crippen LogP contribution in [0.4, 0.5) is 0 Å². The van der Waals surface area contributed by atoms with E-state index in [0.717, 1.165) is 16.7 Å². The number of ketones is 1. The monoisotopic (exact) mass is 953 g/mol. The summed E-state index contributed by atoms with van der Waals surface area (Å²) >= 11 is 0. The minimum atomic E-state index is -1.09. The van der Waals surface area contributed by atoms with Crippen LogP contribution >= 0.6 is 0 Å². The number of aryl methyl sites for hydroxylation is 2. The number of ether oxygens (including phenoxy) is 3. The van der Waals surface area contributed by atoms with Crippen LogP contribution < -0.4 is 26.0 Å². The highest BCUT2D eigenvalue weighted by atomic mass is 16.6. The number of nitrogens with zero attached hydrogens (tertiary/aromatic N) is 1. The van der Waals surface area contributed by atoms with E-state index in [9.17, 15) is 33.6 Å². The van der Waals surface area contributed by atoms with Crippen LogP contribution in [0.2, 0.25) is 0 Å². The lowest BCUT2D eigenvalue weighted by atomic mass is 9.93. The summed E-state index contributed by atoms with van der Waals surface area (Å²) in [5, 5.41) is 11.8. The van der Waals surface area contributed by atoms with E-state index in [1.165, 1.54) is 0 Å². The molecule has 0 bridgehead atoms. The van der Waals surface area contributed by atoms with Gasteiger partial charge in [0.05, 0.1) is 36.8 Å². The molecular formula is C54H74N5O10+. The Kier molecular flexibility index (Phi) is 19.0. The van der Waals surface area contributed by atoms with Crippen molar-refractivity contribution in [2.45, 2.75) is 131 Å². The SMILES string of the molecule is Cc1cc(C[N+]2(CC(=O)N[C@@H](CCc3ccccc3)C(=O)N[C@@H](CC(C)C)C(=O)N[C@@H](Cc3ccccc3)C(=O)N[C@@H](CC(C)C)C(=O)[C@@]3(C)CO3)CCOCC2)cc(C=O)c1OC(=O)C(C)(C)C. The number of epoxide rings is 1. The van der Waals surface area contributed by atoms with Gasteiger partial charge >= 0.3 is 5.97 Å². The number of Topliss-reactive ketones (excluding diaryl/α,β-unsaturated/α-hetero) is 1. The van der Waals surface area contributed by atoms with Crippen LogP contribution in [-0.2, 0) is 57.6 Å². The number of quaternary nitrogens is 1. The standard InChI is InChI=1S/C54H73N5O10/c1-35(2)26-43(48(62)54(9)34-68-54)56-51(65)45(30-39-18-14-11-15-19-39)58-50(64)44(27-36(3)4)57-49(63)42(21-20-38-16-12-10-13-17-38)55-46(61)32-59(22-24-67-25-23-59)31-40-28-37(5)47(41(29-40)33-60)69-52(66)53(6,7)8/h10-19,28-29,33,35-36,42-45H,20-27,30-32,34H2,1-9H3,(H3-,55,56,57,58,61,63,64,65)/p+1/t42-,43-,44-,45-,54+/m0/s1. The van der Waals surface area contributed by atoms with E-state index in [0.29, 0.717) is 57.5 Å². The molecule has 2 saturated heterocycles. The summed E-state index contributed by atoms with van der Waals surface area (Å²) in [5.41, 5.74) is 1.60. The predicted molar refractivity (Wildman–Crippen MR) is 262 cm³/mol. The predicted octanol–water partition coefficient (Wildman–Crippen LogP) is 5.37. The Morgan fingerprint density at radius 2 is 1.28 bits per heavy atom. The zero-order valence-corrected chi connectivity index (χ0v) is 42.0. The van der Waals surface area contributed by atoms with Crippen LogP contribution in [-0.4, -0.2) is 115 Å². The Morgan fingerprint density at radius 3 is 1.84 bits per heavy atom. The van der Waals surface area contributed by atoms with Crippen molar-refractivity contribution in [3.63, 3.8) is 0 Å². The number of hydrogen-bond acceptors (Lipinski definition) is 10. The maximum atomic E-state index is 14.5. The number of nitrogens with one attached hydrogen (secondary N) is 4. The molecule has 2 heterocycles. The average Bonchev–Trinajstić information content (AvgIpc) is 4.05. The van der Waals surface area contributed by atoms with Crippen molar-refractivity contribution in [1.82, 2.24) is 21.3 Å². The third-order valence-electron chi connectivity index (χ3n) is 12.6. The van der Waals surface area contributed by atoms with E-state index in [1.54, 1.807) is 40.7 Å². The number of carbonyl (C=O) groups is 7. The third kappa shape index (κ3) is 16.1. The van der Waals surface area contributed by atoms with E-state index in [-0.39, 0.29) is 71.7 Å². The van der Waals surface area contributed by atoms with Gasteiger partial charge in [0.2, 0.25) is 17.7 Å². The van der Waals surface area contributed by atoms with Gasteiger partial charge in [-0.05, 0) is 101 Å². The molecule has 0 radical (unpaired) electrons. The topological polar surface area (TPSA) is 199 Å². The lowest BCUT2D eigenvalue weighted by Gasteiger charge is -2.41. The normalized spacial score (nSPS) is 18.2. The molecule has 69 heavy (non-hydrogen) atoms. The smallest absolute Gasteiger partial charge is 0.316 e. The minimum Gasteiger partial charge on any atom is -0.425 e. The van der Waals surface area contributed by atoms with Crippen LogP contribution in [0.1, 0.15) is 107 Å². The number of hydrogen-bond donors (Lipinski definition) is 4. The van der Waals surface area contributed by atoms with Gasteiger partial charge in [-0.25, -0.2) is 0 Å². The van der Waals surface area contributed by atoms with Crippen LogP contribution in [0, 0.1) is 24.2 Å². The largest absolute Gasteiger partial charge is 0.425 e. The summed E-state index contributed by atoms with van der Waals surface area (Å²) in [5.74, 6) is -2.50. The summed E-state index contributed by atoms with van der Waals surface area (Å²) in [4.78, 5) is 96.1. The summed E-state index contributed by atoms with van der Waals surface area (Å²) in [6.07, 6.45) is 2.09. The number of aldehydes is 1. The number of benzene rings is 3. The molecule has 0 aliphatic carbocycles. The van der Waals surface area contributed by atoms with Gasteiger partial charge in [-0.15, -0.1) is 0 Å². The first-order chi connectivity index (χ1) is 32.6. The first kappa shape index (κ1) is 54.2. The molecule has 0 unspecified atom stereocenters. The minimum absolute atomic E-state index is 0.00746. The van der Waals surface area contributed by atoms with Crippen LogP contribution in [0.15, 0.2) is 72.8 Å². The molecule has 15 heteroatoms. The van der Waals surface area contributed by atoms with Gasteiger partial charge in [0, 0.05) is 12.0 Å². The molecule has 3 aromatic carbocycles. The van der Waals surface area contributed by atoms with E-state index in [1.807, 2.05) is 94.4 Å². The molecule has 374 valence electrons. The molecule has 5 rings (SSSR count). The van der Waals surface area contributed by atoms with Crippen molar-refractivity contribution < 1.29 is 52.3 Å². The Bertz CT molecular complexity index is 2270. The van der Waals surface area contributed by atoms with Gasteiger partial charge < -0.3 is 40.0 Å². The number of morpholine rings is 1. The molecule has 5 atom stereocenters. The van der Waals surface area contributed by atoms with Crippen LogP contribution in [0.5, 0.6) is 5.75 Å². The molecule has 0 aromatic heterocycles. The second kappa shape index (κ2) is 24.2. The fraction of sp³-hybridized carbons (Fsp3) is 0.537. The first-order valence-corrected chi connectivity index (χ1v) is 24.3. The highest BCUT2D eigenvalue weighted by Crippen LogP contribution is 2.31. The molecule has 3 aromatic rings. The molecule has 15 nitrogen and oxygen atoms in total. The summed E-state index contributed by atoms with van der Waals surface area (Å²) in [7, 11) is 0. The van der Waals surface area contributed by atoms with E-state index in [4.69, 9.17) is 14.2 Å². The highest BCUT2D eigenvalue weighted by molar-refractivity contribution is 5.99. The van der Waals surface area contributed by atoms with Crippen molar-refractivity contribution in [3.8, 4) is 5.75 Å². The van der Waals surface area contributed by atoms with Crippen LogP contribution in [0.3, 0.4) is 0 Å². The zero-order valence-electron chi connectivity index (χ0n) is 42.0. The van der Waals surface area contributed by atoms with Gasteiger partial charge in [-0.3, -0.25) is 33.6 Å². The molecule has 4 N–H and O–H groups in total. The third-order valence-corrected chi connectivity index (χ3v) is 12.6. The van der Waals surface area contributed by atoms with Crippen molar-refractivity contribution in [2.24, 2.45) is 17.3 Å². The van der Waals surface area contributed by atoms with Crippen molar-refractivity contribution >= 4 is 41.7 Å². The molecule has 0 spiro atoms. The summed E-state index contributed by atoms with van der Waals surface area (Å²) < 4.78 is 17.2. The van der Waals surface area contributed by atoms with Crippen molar-refractivity contribution in [1.29, 1.82) is 0 Å². The number of carbonyl (C=O) groups excluding carboxylic acids is 7. The maximum absolute atomic E-state index is 14.5. The van der Waals surface area contributed by atoms with E-state index >= 15 is 0 Å². The maximum Gasteiger partial charge on any atom is 0.316 e. The Morgan fingerprint density at radius 1 is 0.739 bits per heavy atom. The molecule has 0 saturated carbocycles. The lowest BCUT2D eigenvalue weighted by Crippen LogP contribution is -2.61. The number of rotatable bonds is 24. The Hall–Kier alpha value is -5.77. The Labute approximate surface area is 407 Å². The molecule has 2 aliphatic heterocycles. The Balaban J connectivity index is 1.37. The van der Waals surface area contributed by atoms with E-state index < -0.39 is 58.9 Å². The lowest BCUT2D eigenvalue weighted by molar-refractivity contribution is -0.940. The summed E-state index contributed by atoms with van der Waals surface area (Å²) in [6.45, 7) is 18.9. The van der Waals surface area contributed by atoms with Gasteiger partial charge in [-0.1, -0.05) is 88.4 Å². The quantitative estimate of drug-likeness (QED) is 0.0298. The second-order valence-corrected chi connectivity index (χ2v) is 21.0. The first-order valence-electron chi connectivity index (χ1n) is 24.3. The molecule has 4 amide bonds.